The fourth-order valence-corrected chi connectivity index (χ4v) is 4.42. The van der Waals surface area contributed by atoms with Crippen LogP contribution in [0.15, 0.2) is 0 Å². The van der Waals surface area contributed by atoms with E-state index in [1.54, 1.807) is 0 Å². The van der Waals surface area contributed by atoms with E-state index in [4.69, 9.17) is 5.11 Å². The maximum absolute atomic E-state index is 13.0. The Morgan fingerprint density at radius 3 is 2.31 bits per heavy atom. The third-order valence-corrected chi connectivity index (χ3v) is 6.05. The van der Waals surface area contributed by atoms with Crippen molar-refractivity contribution in [3.8, 4) is 0 Å². The molecule has 0 aromatic heterocycles. The highest BCUT2D eigenvalue weighted by atomic mass is 35.5. The third-order valence-electron chi connectivity index (χ3n) is 6.05. The molecule has 0 aromatic rings. The summed E-state index contributed by atoms with van der Waals surface area (Å²) in [5.74, 6) is -0.480. The quantitative estimate of drug-likeness (QED) is 0.724. The lowest BCUT2D eigenvalue weighted by Crippen LogP contribution is -2.55. The fraction of sp³-hybridized carbons (Fsp3) is 0.895. The Labute approximate surface area is 164 Å². The van der Waals surface area contributed by atoms with Crippen LogP contribution in [0.5, 0.6) is 0 Å². The van der Waals surface area contributed by atoms with Crippen LogP contribution in [0, 0.1) is 0 Å². The van der Waals surface area contributed by atoms with E-state index in [1.165, 1.54) is 6.42 Å². The van der Waals surface area contributed by atoms with Crippen LogP contribution in [-0.2, 0) is 9.59 Å². The number of amides is 1. The zero-order valence-corrected chi connectivity index (χ0v) is 17.3. The number of piperidine rings is 2. The van der Waals surface area contributed by atoms with Crippen LogP contribution in [0.25, 0.3) is 0 Å². The van der Waals surface area contributed by atoms with Gasteiger partial charge in [-0.25, -0.2) is 0 Å². The number of hydrogen-bond acceptors (Lipinski definition) is 4. The first kappa shape index (κ1) is 23.2. The van der Waals surface area contributed by atoms with Crippen LogP contribution < -0.4 is 0 Å². The summed E-state index contributed by atoms with van der Waals surface area (Å²) in [6.45, 7) is 9.76. The molecule has 2 aliphatic heterocycles. The van der Waals surface area contributed by atoms with Crippen molar-refractivity contribution in [1.29, 1.82) is 0 Å². The van der Waals surface area contributed by atoms with Gasteiger partial charge in [-0.2, -0.15) is 0 Å². The van der Waals surface area contributed by atoms with Crippen molar-refractivity contribution in [3.05, 3.63) is 0 Å². The molecule has 7 heteroatoms. The summed E-state index contributed by atoms with van der Waals surface area (Å²) in [6.07, 6.45) is 6.42. The van der Waals surface area contributed by atoms with Gasteiger partial charge in [0.05, 0.1) is 12.6 Å². The Kier molecular flexibility index (Phi) is 9.90. The second-order valence-electron chi connectivity index (χ2n) is 7.49. The second-order valence-corrected chi connectivity index (χ2v) is 7.49. The van der Waals surface area contributed by atoms with Crippen molar-refractivity contribution in [3.63, 3.8) is 0 Å². The summed E-state index contributed by atoms with van der Waals surface area (Å²) in [7, 11) is 0. The van der Waals surface area contributed by atoms with Crippen LogP contribution in [0.4, 0.5) is 0 Å². The standard InChI is InChI=1S/C19H35N3O3.ClH/c1-4-16-8-6-7-11-22(16)19(25)15(3)21-12-9-17(10-13-21)20(5-2)14-18(23)24;/h15-17H,4-14H2,1-3H3,(H,23,24);1H. The molecule has 152 valence electrons. The van der Waals surface area contributed by atoms with Crippen LogP contribution in [-0.4, -0.2) is 82.5 Å². The maximum atomic E-state index is 13.0. The molecule has 0 aliphatic carbocycles. The Bertz CT molecular complexity index is 455. The molecule has 2 unspecified atom stereocenters. The number of likely N-dealkylation sites (N-methyl/N-ethyl adjacent to an activating group) is 1. The molecular formula is C19H36ClN3O3. The molecule has 0 bridgehead atoms. The summed E-state index contributed by atoms with van der Waals surface area (Å²) in [4.78, 5) is 30.4. The summed E-state index contributed by atoms with van der Waals surface area (Å²) in [5.41, 5.74) is 0. The summed E-state index contributed by atoms with van der Waals surface area (Å²) < 4.78 is 0. The van der Waals surface area contributed by atoms with E-state index in [1.807, 2.05) is 18.7 Å². The van der Waals surface area contributed by atoms with Gasteiger partial charge in [0.25, 0.3) is 0 Å². The molecule has 6 nitrogen and oxygen atoms in total. The van der Waals surface area contributed by atoms with Crippen LogP contribution in [0.3, 0.4) is 0 Å². The van der Waals surface area contributed by atoms with Gasteiger partial charge in [-0.05, 0) is 52.0 Å². The highest BCUT2D eigenvalue weighted by molar-refractivity contribution is 5.85. The minimum Gasteiger partial charge on any atom is -0.480 e. The van der Waals surface area contributed by atoms with E-state index in [-0.39, 0.29) is 30.9 Å². The van der Waals surface area contributed by atoms with Crippen LogP contribution in [0.1, 0.15) is 59.3 Å². The van der Waals surface area contributed by atoms with E-state index in [0.717, 1.165) is 58.3 Å². The van der Waals surface area contributed by atoms with Gasteiger partial charge >= 0.3 is 5.97 Å². The SMILES string of the molecule is CCC1CCCCN1C(=O)C(C)N1CCC(N(CC)CC(=O)O)CC1.Cl. The van der Waals surface area contributed by atoms with Crippen LogP contribution >= 0.6 is 12.4 Å². The topological polar surface area (TPSA) is 64.1 Å². The number of hydrogen-bond donors (Lipinski definition) is 1. The lowest BCUT2D eigenvalue weighted by Gasteiger charge is -2.42. The molecule has 2 aliphatic rings. The first-order valence-corrected chi connectivity index (χ1v) is 9.98. The number of rotatable bonds is 7. The molecule has 2 fully saturated rings. The predicted molar refractivity (Wildman–Crippen MR) is 106 cm³/mol. The molecule has 2 atom stereocenters. The molecule has 26 heavy (non-hydrogen) atoms. The van der Waals surface area contributed by atoms with E-state index < -0.39 is 5.97 Å². The highest BCUT2D eigenvalue weighted by Crippen LogP contribution is 2.23. The number of nitrogens with zero attached hydrogens (tertiary/aromatic N) is 3. The van der Waals surface area contributed by atoms with Gasteiger partial charge in [0.2, 0.25) is 5.91 Å². The number of aliphatic carboxylic acids is 1. The number of carboxylic acids is 1. The van der Waals surface area contributed by atoms with Gasteiger partial charge < -0.3 is 10.0 Å². The second kappa shape index (κ2) is 11.1. The van der Waals surface area contributed by atoms with Crippen molar-refractivity contribution in [2.45, 2.75) is 77.4 Å². The van der Waals surface area contributed by atoms with Crippen molar-refractivity contribution in [2.24, 2.45) is 0 Å². The lowest BCUT2D eigenvalue weighted by molar-refractivity contribution is -0.141. The molecule has 0 saturated carbocycles. The summed E-state index contributed by atoms with van der Waals surface area (Å²) in [6, 6.07) is 0.660. The molecule has 0 radical (unpaired) electrons. The first-order chi connectivity index (χ1) is 12.0. The molecule has 2 saturated heterocycles. The molecular weight excluding hydrogens is 354 g/mol. The normalized spacial score (nSPS) is 23.5. The van der Waals surface area contributed by atoms with Crippen LogP contribution in [0.2, 0.25) is 0 Å². The van der Waals surface area contributed by atoms with Gasteiger partial charge in [-0.1, -0.05) is 13.8 Å². The number of likely N-dealkylation sites (tertiary alicyclic amines) is 2. The number of carboxylic acid groups (broad SMARTS) is 1. The molecule has 2 rings (SSSR count). The minimum atomic E-state index is -0.761. The van der Waals surface area contributed by atoms with Crippen molar-refractivity contribution < 1.29 is 14.7 Å². The molecule has 2 heterocycles. The lowest BCUT2D eigenvalue weighted by atomic mass is 9.97. The zero-order valence-electron chi connectivity index (χ0n) is 16.5. The zero-order chi connectivity index (χ0) is 18.4. The Morgan fingerprint density at radius 2 is 1.77 bits per heavy atom. The maximum Gasteiger partial charge on any atom is 0.317 e. The first-order valence-electron chi connectivity index (χ1n) is 9.98. The van der Waals surface area contributed by atoms with Gasteiger partial charge in [0.15, 0.2) is 0 Å². The third kappa shape index (κ3) is 5.83. The van der Waals surface area contributed by atoms with Gasteiger partial charge in [0.1, 0.15) is 0 Å². The molecule has 0 spiro atoms. The Balaban J connectivity index is 0.00000338. The average molecular weight is 390 g/mol. The largest absolute Gasteiger partial charge is 0.480 e. The van der Waals surface area contributed by atoms with E-state index in [9.17, 15) is 9.59 Å². The minimum absolute atomic E-state index is 0. The summed E-state index contributed by atoms with van der Waals surface area (Å²) >= 11 is 0. The molecule has 1 amide bonds. The van der Waals surface area contributed by atoms with E-state index in [0.29, 0.717) is 12.1 Å². The highest BCUT2D eigenvalue weighted by Gasteiger charge is 2.34. The monoisotopic (exact) mass is 389 g/mol. The average Bonchev–Trinajstić information content (AvgIpc) is 2.64. The van der Waals surface area contributed by atoms with Crippen molar-refractivity contribution in [2.75, 3.05) is 32.7 Å². The smallest absolute Gasteiger partial charge is 0.317 e. The van der Waals surface area contributed by atoms with E-state index in [2.05, 4.69) is 16.7 Å². The molecule has 0 aromatic carbocycles. The number of carbonyl (C=O) groups excluding carboxylic acids is 1. The Morgan fingerprint density at radius 1 is 1.12 bits per heavy atom. The van der Waals surface area contributed by atoms with Gasteiger partial charge in [-0.3, -0.25) is 19.4 Å². The van der Waals surface area contributed by atoms with Crippen molar-refractivity contribution >= 4 is 24.3 Å². The molecule has 1 N–H and O–H groups in total. The predicted octanol–water partition coefficient (Wildman–Crippen LogP) is 2.46. The van der Waals surface area contributed by atoms with Gasteiger partial charge in [-0.15, -0.1) is 12.4 Å². The fourth-order valence-electron chi connectivity index (χ4n) is 4.42. The Hall–Kier alpha value is -0.850. The number of halogens is 1. The van der Waals surface area contributed by atoms with E-state index >= 15 is 0 Å². The van der Waals surface area contributed by atoms with Crippen molar-refractivity contribution in [1.82, 2.24) is 14.7 Å². The van der Waals surface area contributed by atoms with Gasteiger partial charge in [0, 0.05) is 31.7 Å². The number of carbonyl (C=O) groups is 2. The summed E-state index contributed by atoms with van der Waals surface area (Å²) in [5, 5.41) is 9.05.